The van der Waals surface area contributed by atoms with E-state index in [1.807, 2.05) is 13.8 Å². The lowest BCUT2D eigenvalue weighted by Gasteiger charge is -2.28. The van der Waals surface area contributed by atoms with Crippen LogP contribution >= 0.6 is 11.3 Å². The van der Waals surface area contributed by atoms with Crippen LogP contribution in [0, 0.1) is 5.92 Å². The smallest absolute Gasteiger partial charge is 0.239 e. The Bertz CT molecular complexity index is 644. The Balaban J connectivity index is 1.69. The van der Waals surface area contributed by atoms with Crippen LogP contribution in [0.3, 0.4) is 0 Å². The third kappa shape index (κ3) is 3.19. The molecule has 2 aliphatic heterocycles. The highest BCUT2D eigenvalue weighted by Gasteiger charge is 2.39. The zero-order valence-corrected chi connectivity index (χ0v) is 13.9. The zero-order valence-electron chi connectivity index (χ0n) is 13.1. The summed E-state index contributed by atoms with van der Waals surface area (Å²) in [7, 11) is 0. The van der Waals surface area contributed by atoms with E-state index in [0.29, 0.717) is 24.8 Å². The molecule has 0 saturated carbocycles. The van der Waals surface area contributed by atoms with Crippen LogP contribution in [0.4, 0.5) is 5.13 Å². The molecule has 3 heterocycles. The molecule has 0 radical (unpaired) electrons. The molecule has 0 bridgehead atoms. The van der Waals surface area contributed by atoms with Crippen molar-refractivity contribution < 1.29 is 14.4 Å². The lowest BCUT2D eigenvalue weighted by atomic mass is 10.1. The fourth-order valence-corrected chi connectivity index (χ4v) is 3.58. The lowest BCUT2D eigenvalue weighted by Crippen LogP contribution is -2.51. The molecule has 124 valence electrons. The lowest BCUT2D eigenvalue weighted by molar-refractivity contribution is -0.141. The highest BCUT2D eigenvalue weighted by molar-refractivity contribution is 7.15. The van der Waals surface area contributed by atoms with Crippen molar-refractivity contribution in [2.75, 3.05) is 31.1 Å². The summed E-state index contributed by atoms with van der Waals surface area (Å²) in [5.41, 5.74) is 0. The molecule has 2 saturated heterocycles. The Hall–Kier alpha value is -2.03. The van der Waals surface area contributed by atoms with Crippen LogP contribution in [0.5, 0.6) is 0 Å². The second kappa shape index (κ2) is 6.23. The minimum Gasteiger partial charge on any atom is -0.353 e. The summed E-state index contributed by atoms with van der Waals surface area (Å²) < 4.78 is 0. The Morgan fingerprint density at radius 3 is 2.78 bits per heavy atom. The van der Waals surface area contributed by atoms with Gasteiger partial charge in [-0.05, 0) is 0 Å². The zero-order chi connectivity index (χ0) is 16.6. The second-order valence-electron chi connectivity index (χ2n) is 6.09. The molecule has 3 rings (SSSR count). The minimum atomic E-state index is -0.417. The van der Waals surface area contributed by atoms with Gasteiger partial charge in [0.15, 0.2) is 0 Å². The molecule has 1 N–H and O–H groups in total. The Morgan fingerprint density at radius 1 is 1.35 bits per heavy atom. The van der Waals surface area contributed by atoms with E-state index < -0.39 is 5.92 Å². The van der Waals surface area contributed by atoms with Gasteiger partial charge >= 0.3 is 0 Å². The predicted molar refractivity (Wildman–Crippen MR) is 84.0 cm³/mol. The van der Waals surface area contributed by atoms with Gasteiger partial charge in [-0.15, -0.1) is 10.2 Å². The minimum absolute atomic E-state index is 0.0693. The number of carbonyl (C=O) groups excluding carboxylic acids is 3. The number of amides is 3. The first kappa shape index (κ1) is 15.9. The van der Waals surface area contributed by atoms with E-state index >= 15 is 0 Å². The molecular formula is C14H19N5O3S. The number of anilines is 1. The van der Waals surface area contributed by atoms with Gasteiger partial charge in [0.2, 0.25) is 22.9 Å². The van der Waals surface area contributed by atoms with Gasteiger partial charge in [-0.1, -0.05) is 25.2 Å². The average Bonchev–Trinajstić information content (AvgIpc) is 3.13. The van der Waals surface area contributed by atoms with Gasteiger partial charge in [-0.3, -0.25) is 19.3 Å². The van der Waals surface area contributed by atoms with Gasteiger partial charge in [0.05, 0.1) is 12.5 Å². The maximum atomic E-state index is 12.5. The van der Waals surface area contributed by atoms with E-state index in [9.17, 15) is 14.4 Å². The highest BCUT2D eigenvalue weighted by atomic mass is 32.1. The molecular weight excluding hydrogens is 318 g/mol. The highest BCUT2D eigenvalue weighted by Crippen LogP contribution is 2.31. The molecule has 0 aromatic carbocycles. The van der Waals surface area contributed by atoms with Gasteiger partial charge in [0, 0.05) is 32.0 Å². The van der Waals surface area contributed by atoms with Crippen LogP contribution in [0.25, 0.3) is 0 Å². The summed E-state index contributed by atoms with van der Waals surface area (Å²) in [4.78, 5) is 39.2. The van der Waals surface area contributed by atoms with Gasteiger partial charge in [-0.25, -0.2) is 0 Å². The van der Waals surface area contributed by atoms with Gasteiger partial charge in [0.25, 0.3) is 0 Å². The fraction of sp³-hybridized carbons (Fsp3) is 0.643. The van der Waals surface area contributed by atoms with E-state index in [4.69, 9.17) is 0 Å². The SMILES string of the molecule is CC(C)c1nnc(N2CC(C(=O)N3CCNC(=O)C3)CC2=O)s1. The summed E-state index contributed by atoms with van der Waals surface area (Å²) in [6, 6.07) is 0. The fourth-order valence-electron chi connectivity index (χ4n) is 2.71. The van der Waals surface area contributed by atoms with Gasteiger partial charge in [-0.2, -0.15) is 0 Å². The summed E-state index contributed by atoms with van der Waals surface area (Å²) in [5, 5.41) is 12.3. The monoisotopic (exact) mass is 337 g/mol. The van der Waals surface area contributed by atoms with Crippen LogP contribution in [-0.2, 0) is 14.4 Å². The number of rotatable bonds is 3. The maximum absolute atomic E-state index is 12.5. The number of piperazine rings is 1. The van der Waals surface area contributed by atoms with Crippen molar-refractivity contribution in [2.45, 2.75) is 26.2 Å². The summed E-state index contributed by atoms with van der Waals surface area (Å²) >= 11 is 1.39. The molecule has 1 aromatic heterocycles. The molecule has 9 heteroatoms. The van der Waals surface area contributed by atoms with Crippen LogP contribution in [0.15, 0.2) is 0 Å². The maximum Gasteiger partial charge on any atom is 0.239 e. The molecule has 0 aliphatic carbocycles. The molecule has 1 unspecified atom stereocenters. The van der Waals surface area contributed by atoms with Crippen LogP contribution in [0.1, 0.15) is 31.2 Å². The Morgan fingerprint density at radius 2 is 2.13 bits per heavy atom. The van der Waals surface area contributed by atoms with E-state index in [0.717, 1.165) is 5.01 Å². The quantitative estimate of drug-likeness (QED) is 0.836. The van der Waals surface area contributed by atoms with Crippen molar-refractivity contribution in [3.8, 4) is 0 Å². The number of hydrogen-bond acceptors (Lipinski definition) is 6. The Kier molecular flexibility index (Phi) is 4.29. The molecule has 2 aliphatic rings. The van der Waals surface area contributed by atoms with E-state index in [1.165, 1.54) is 21.1 Å². The molecule has 3 amide bonds. The first-order chi connectivity index (χ1) is 11.0. The van der Waals surface area contributed by atoms with Crippen molar-refractivity contribution in [1.29, 1.82) is 0 Å². The van der Waals surface area contributed by atoms with E-state index in [2.05, 4.69) is 15.5 Å². The normalized spacial score (nSPS) is 22.0. The number of carbonyl (C=O) groups is 3. The van der Waals surface area contributed by atoms with E-state index in [-0.39, 0.29) is 36.6 Å². The summed E-state index contributed by atoms with van der Waals surface area (Å²) in [6.07, 6.45) is 0.160. The average molecular weight is 337 g/mol. The second-order valence-corrected chi connectivity index (χ2v) is 7.08. The third-order valence-electron chi connectivity index (χ3n) is 3.98. The molecule has 8 nitrogen and oxygen atoms in total. The van der Waals surface area contributed by atoms with Gasteiger partial charge < -0.3 is 10.2 Å². The number of nitrogens with one attached hydrogen (secondary N) is 1. The number of nitrogens with zero attached hydrogens (tertiary/aromatic N) is 4. The van der Waals surface area contributed by atoms with Crippen LogP contribution in [-0.4, -0.2) is 59.0 Å². The standard InChI is InChI=1S/C14H19N5O3S/c1-8(2)12-16-17-14(23-12)19-6-9(5-11(19)21)13(22)18-4-3-15-10(20)7-18/h8-9H,3-7H2,1-2H3,(H,15,20). The summed E-state index contributed by atoms with van der Waals surface area (Å²) in [5.74, 6) is -0.569. The van der Waals surface area contributed by atoms with Crippen molar-refractivity contribution in [3.05, 3.63) is 5.01 Å². The number of aromatic nitrogens is 2. The van der Waals surface area contributed by atoms with Crippen molar-refractivity contribution in [3.63, 3.8) is 0 Å². The first-order valence-electron chi connectivity index (χ1n) is 7.65. The summed E-state index contributed by atoms with van der Waals surface area (Å²) in [6.45, 7) is 5.37. The van der Waals surface area contributed by atoms with Crippen molar-refractivity contribution in [1.82, 2.24) is 20.4 Å². The first-order valence-corrected chi connectivity index (χ1v) is 8.46. The van der Waals surface area contributed by atoms with Gasteiger partial charge in [0.1, 0.15) is 5.01 Å². The topological polar surface area (TPSA) is 95.5 Å². The molecule has 23 heavy (non-hydrogen) atoms. The Labute approximate surface area is 137 Å². The molecule has 0 spiro atoms. The molecule has 1 atom stereocenters. The number of hydrogen-bond donors (Lipinski definition) is 1. The third-order valence-corrected chi connectivity index (χ3v) is 5.23. The van der Waals surface area contributed by atoms with E-state index in [1.54, 1.807) is 0 Å². The molecule has 1 aromatic rings. The molecule has 2 fully saturated rings. The van der Waals surface area contributed by atoms with Crippen LogP contribution in [0.2, 0.25) is 0 Å². The van der Waals surface area contributed by atoms with Crippen LogP contribution < -0.4 is 10.2 Å². The largest absolute Gasteiger partial charge is 0.353 e. The van der Waals surface area contributed by atoms with Crippen molar-refractivity contribution in [2.24, 2.45) is 5.92 Å². The predicted octanol–water partition coefficient (Wildman–Crippen LogP) is -0.0272. The van der Waals surface area contributed by atoms with Crippen molar-refractivity contribution >= 4 is 34.2 Å².